The van der Waals surface area contributed by atoms with Gasteiger partial charge in [0.15, 0.2) is 0 Å². The lowest BCUT2D eigenvalue weighted by Crippen LogP contribution is -2.41. The summed E-state index contributed by atoms with van der Waals surface area (Å²) in [5, 5.41) is 2.73. The second-order valence-corrected chi connectivity index (χ2v) is 7.23. The molecule has 0 spiro atoms. The molecule has 3 nitrogen and oxygen atoms in total. The van der Waals surface area contributed by atoms with Gasteiger partial charge in [-0.2, -0.15) is 0 Å². The Balaban J connectivity index is 1.70. The zero-order valence-corrected chi connectivity index (χ0v) is 16.0. The third-order valence-corrected chi connectivity index (χ3v) is 5.46. The van der Waals surface area contributed by atoms with E-state index in [1.807, 2.05) is 6.07 Å². The largest absolute Gasteiger partial charge is 0.355 e. The van der Waals surface area contributed by atoms with Gasteiger partial charge in [0.25, 0.3) is 5.91 Å². The molecule has 0 heterocycles. The first-order chi connectivity index (χ1) is 12.7. The minimum atomic E-state index is 0.00409. The first-order valence-corrected chi connectivity index (χ1v) is 9.83. The summed E-state index contributed by atoms with van der Waals surface area (Å²) in [5.41, 5.74) is 4.95. The van der Waals surface area contributed by atoms with E-state index in [2.05, 4.69) is 59.6 Å². The highest BCUT2D eigenvalue weighted by molar-refractivity contribution is 5.94. The van der Waals surface area contributed by atoms with E-state index in [4.69, 9.17) is 0 Å². The Morgan fingerprint density at radius 3 is 2.65 bits per heavy atom. The quantitative estimate of drug-likeness (QED) is 0.822. The summed E-state index contributed by atoms with van der Waals surface area (Å²) in [7, 11) is 1.69. The number of rotatable bonds is 7. The smallest absolute Gasteiger partial charge is 0.251 e. The Hall–Kier alpha value is -2.13. The Morgan fingerprint density at radius 2 is 1.92 bits per heavy atom. The van der Waals surface area contributed by atoms with Gasteiger partial charge >= 0.3 is 0 Å². The predicted octanol–water partition coefficient (Wildman–Crippen LogP) is 3.86. The molecule has 1 N–H and O–H groups in total. The van der Waals surface area contributed by atoms with Crippen LogP contribution in [0.2, 0.25) is 0 Å². The van der Waals surface area contributed by atoms with Crippen molar-refractivity contribution in [3.63, 3.8) is 0 Å². The fraction of sp³-hybridized carbons (Fsp3) is 0.435. The summed E-state index contributed by atoms with van der Waals surface area (Å²) in [6.07, 6.45) is 5.65. The zero-order chi connectivity index (χ0) is 18.4. The van der Waals surface area contributed by atoms with Gasteiger partial charge in [-0.15, -0.1) is 0 Å². The first-order valence-electron chi connectivity index (χ1n) is 9.83. The molecule has 3 rings (SSSR count). The van der Waals surface area contributed by atoms with E-state index >= 15 is 0 Å². The Bertz CT molecular complexity index is 726. The summed E-state index contributed by atoms with van der Waals surface area (Å²) in [5.74, 6) is 0.00409. The van der Waals surface area contributed by atoms with Crippen LogP contribution < -0.4 is 5.32 Å². The normalized spacial score (nSPS) is 16.3. The lowest BCUT2D eigenvalue weighted by atomic mass is 9.86. The number of hydrogen-bond acceptors (Lipinski definition) is 2. The van der Waals surface area contributed by atoms with E-state index in [1.165, 1.54) is 29.5 Å². The van der Waals surface area contributed by atoms with E-state index < -0.39 is 0 Å². The van der Waals surface area contributed by atoms with Crippen LogP contribution in [0.1, 0.15) is 46.8 Å². The minimum Gasteiger partial charge on any atom is -0.355 e. The molecule has 3 heteroatoms. The molecule has 0 fully saturated rings. The van der Waals surface area contributed by atoms with Crippen LogP contribution >= 0.6 is 0 Å². The molecule has 0 aliphatic heterocycles. The number of hydrogen-bond donors (Lipinski definition) is 1. The lowest BCUT2D eigenvalue weighted by Gasteiger charge is -2.35. The molecule has 1 aliphatic carbocycles. The molecule has 1 aliphatic rings. The Morgan fingerprint density at radius 1 is 1.12 bits per heavy atom. The highest BCUT2D eigenvalue weighted by atomic mass is 16.1. The molecule has 1 unspecified atom stereocenters. The zero-order valence-electron chi connectivity index (χ0n) is 16.0. The lowest BCUT2D eigenvalue weighted by molar-refractivity contribution is 0.0963. The van der Waals surface area contributed by atoms with Crippen molar-refractivity contribution in [1.29, 1.82) is 0 Å². The van der Waals surface area contributed by atoms with Crippen LogP contribution in [0.4, 0.5) is 0 Å². The van der Waals surface area contributed by atoms with Crippen LogP contribution in [0.15, 0.2) is 48.5 Å². The van der Waals surface area contributed by atoms with Gasteiger partial charge in [0.2, 0.25) is 0 Å². The molecule has 0 saturated carbocycles. The summed E-state index contributed by atoms with van der Waals surface area (Å²) in [4.78, 5) is 14.6. The molecular weight excluding hydrogens is 320 g/mol. The third-order valence-electron chi connectivity index (χ3n) is 5.46. The van der Waals surface area contributed by atoms with Crippen molar-refractivity contribution in [3.8, 4) is 0 Å². The molecule has 2 aromatic carbocycles. The SMILES string of the molecule is CCCN(CCc1ccccc1)C1CCc2ccc(C(=O)NC)cc2C1. The van der Waals surface area contributed by atoms with Crippen molar-refractivity contribution in [3.05, 3.63) is 70.8 Å². The van der Waals surface area contributed by atoms with Gasteiger partial charge in [-0.05, 0) is 67.5 Å². The molecule has 2 aromatic rings. The molecule has 1 amide bonds. The molecule has 138 valence electrons. The molecule has 0 radical (unpaired) electrons. The van der Waals surface area contributed by atoms with Crippen LogP contribution in [0.25, 0.3) is 0 Å². The van der Waals surface area contributed by atoms with Crippen molar-refractivity contribution in [2.24, 2.45) is 0 Å². The highest BCUT2D eigenvalue weighted by Crippen LogP contribution is 2.26. The number of carbonyl (C=O) groups excluding carboxylic acids is 1. The number of benzene rings is 2. The second kappa shape index (κ2) is 9.00. The Labute approximate surface area is 157 Å². The number of amides is 1. The van der Waals surface area contributed by atoms with Gasteiger partial charge in [-0.3, -0.25) is 9.69 Å². The van der Waals surface area contributed by atoms with Crippen LogP contribution in [-0.4, -0.2) is 37.0 Å². The van der Waals surface area contributed by atoms with E-state index in [0.29, 0.717) is 6.04 Å². The maximum atomic E-state index is 12.0. The molecular formula is C23H30N2O. The van der Waals surface area contributed by atoms with E-state index in [1.54, 1.807) is 7.05 Å². The molecule has 26 heavy (non-hydrogen) atoms. The fourth-order valence-electron chi connectivity index (χ4n) is 4.02. The third kappa shape index (κ3) is 4.53. The summed E-state index contributed by atoms with van der Waals surface area (Å²) in [6.45, 7) is 4.50. The molecule has 1 atom stereocenters. The highest BCUT2D eigenvalue weighted by Gasteiger charge is 2.24. The maximum absolute atomic E-state index is 12.0. The van der Waals surface area contributed by atoms with Gasteiger partial charge in [0, 0.05) is 25.2 Å². The van der Waals surface area contributed by atoms with Crippen molar-refractivity contribution >= 4 is 5.91 Å². The van der Waals surface area contributed by atoms with E-state index in [-0.39, 0.29) is 5.91 Å². The number of fused-ring (bicyclic) bond motifs is 1. The maximum Gasteiger partial charge on any atom is 0.251 e. The molecule has 0 aromatic heterocycles. The summed E-state index contributed by atoms with van der Waals surface area (Å²) in [6, 6.07) is 17.5. The van der Waals surface area contributed by atoms with Crippen molar-refractivity contribution in [1.82, 2.24) is 10.2 Å². The van der Waals surface area contributed by atoms with Gasteiger partial charge in [-0.25, -0.2) is 0 Å². The average Bonchev–Trinajstić information content (AvgIpc) is 2.70. The van der Waals surface area contributed by atoms with Crippen molar-refractivity contribution in [2.45, 2.75) is 45.1 Å². The fourth-order valence-corrected chi connectivity index (χ4v) is 4.02. The predicted molar refractivity (Wildman–Crippen MR) is 108 cm³/mol. The Kier molecular flexibility index (Phi) is 6.45. The van der Waals surface area contributed by atoms with Crippen LogP contribution in [0, 0.1) is 0 Å². The summed E-state index contributed by atoms with van der Waals surface area (Å²) >= 11 is 0. The van der Waals surface area contributed by atoms with Gasteiger partial charge in [-0.1, -0.05) is 43.3 Å². The van der Waals surface area contributed by atoms with Gasteiger partial charge in [0.1, 0.15) is 0 Å². The van der Waals surface area contributed by atoms with E-state index in [9.17, 15) is 4.79 Å². The topological polar surface area (TPSA) is 32.3 Å². The number of nitrogens with zero attached hydrogens (tertiary/aromatic N) is 1. The second-order valence-electron chi connectivity index (χ2n) is 7.23. The van der Waals surface area contributed by atoms with Crippen molar-refractivity contribution in [2.75, 3.05) is 20.1 Å². The number of aryl methyl sites for hydroxylation is 1. The molecule has 0 saturated heterocycles. The standard InChI is InChI=1S/C23H30N2O/c1-3-14-25(15-13-18-7-5-4-6-8-18)22-12-11-19-9-10-20(23(26)24-2)16-21(19)17-22/h4-10,16,22H,3,11-15,17H2,1-2H3,(H,24,26). The van der Waals surface area contributed by atoms with Gasteiger partial charge < -0.3 is 5.32 Å². The van der Waals surface area contributed by atoms with Crippen molar-refractivity contribution < 1.29 is 4.79 Å². The van der Waals surface area contributed by atoms with Crippen LogP contribution in [0.5, 0.6) is 0 Å². The number of carbonyl (C=O) groups is 1. The average molecular weight is 351 g/mol. The first kappa shape index (κ1) is 18.7. The van der Waals surface area contributed by atoms with E-state index in [0.717, 1.165) is 37.9 Å². The molecule has 0 bridgehead atoms. The number of nitrogens with one attached hydrogen (secondary N) is 1. The minimum absolute atomic E-state index is 0.00409. The van der Waals surface area contributed by atoms with Crippen LogP contribution in [-0.2, 0) is 19.3 Å². The monoisotopic (exact) mass is 350 g/mol. The summed E-state index contributed by atoms with van der Waals surface area (Å²) < 4.78 is 0. The van der Waals surface area contributed by atoms with Crippen LogP contribution in [0.3, 0.4) is 0 Å². The van der Waals surface area contributed by atoms with Gasteiger partial charge in [0.05, 0.1) is 0 Å².